The third kappa shape index (κ3) is 5.64. The molecule has 0 aliphatic heterocycles. The van der Waals surface area contributed by atoms with Gasteiger partial charge in [-0.2, -0.15) is 26.3 Å². The van der Waals surface area contributed by atoms with Gasteiger partial charge in [0.15, 0.2) is 0 Å². The van der Waals surface area contributed by atoms with E-state index in [1.165, 1.54) is 38.1 Å². The largest absolute Gasteiger partial charge is 0.416 e. The number of halogens is 6. The molecule has 0 saturated heterocycles. The number of hydrogen-bond acceptors (Lipinski definition) is 1. The number of carbonyl (C=O) groups is 1. The highest BCUT2D eigenvalue weighted by atomic mass is 19.4. The van der Waals surface area contributed by atoms with E-state index in [4.69, 9.17) is 0 Å². The zero-order valence-corrected chi connectivity index (χ0v) is 14.9. The lowest BCUT2D eigenvalue weighted by Crippen LogP contribution is -2.38. The molecule has 0 heterocycles. The third-order valence-corrected chi connectivity index (χ3v) is 4.12. The molecule has 9 heteroatoms. The van der Waals surface area contributed by atoms with E-state index < -0.39 is 41.6 Å². The van der Waals surface area contributed by atoms with Gasteiger partial charge >= 0.3 is 18.4 Å². The lowest BCUT2D eigenvalue weighted by Gasteiger charge is -2.20. The van der Waals surface area contributed by atoms with Crippen LogP contribution >= 0.6 is 0 Å². The first-order valence-corrected chi connectivity index (χ1v) is 8.29. The maximum atomic E-state index is 12.8. The Bertz CT molecular complexity index is 764. The molecule has 3 nitrogen and oxygen atoms in total. The van der Waals surface area contributed by atoms with Crippen molar-refractivity contribution >= 4 is 6.03 Å². The average molecular weight is 404 g/mol. The van der Waals surface area contributed by atoms with Gasteiger partial charge in [-0.05, 0) is 49.2 Å². The number of alkyl halides is 6. The van der Waals surface area contributed by atoms with Gasteiger partial charge < -0.3 is 10.6 Å². The van der Waals surface area contributed by atoms with Gasteiger partial charge in [0.1, 0.15) is 0 Å². The van der Waals surface area contributed by atoms with Gasteiger partial charge in [-0.3, -0.25) is 0 Å². The molecule has 2 amide bonds. The molecule has 2 atom stereocenters. The number of benzene rings is 2. The van der Waals surface area contributed by atoms with Gasteiger partial charge in [0.05, 0.1) is 23.2 Å². The Kier molecular flexibility index (Phi) is 6.26. The van der Waals surface area contributed by atoms with Crippen molar-refractivity contribution in [3.05, 3.63) is 70.8 Å². The summed E-state index contributed by atoms with van der Waals surface area (Å²) < 4.78 is 76.7. The molecule has 2 aromatic rings. The van der Waals surface area contributed by atoms with Gasteiger partial charge in [0.2, 0.25) is 0 Å². The molecular weight excluding hydrogens is 386 g/mol. The minimum Gasteiger partial charge on any atom is -0.332 e. The minimum absolute atomic E-state index is 0.247. The van der Waals surface area contributed by atoms with Crippen LogP contribution in [0.25, 0.3) is 0 Å². The molecule has 0 saturated carbocycles. The predicted octanol–water partition coefficient (Wildman–Crippen LogP) is 5.85. The van der Waals surface area contributed by atoms with E-state index in [9.17, 15) is 31.1 Å². The van der Waals surface area contributed by atoms with Crippen molar-refractivity contribution in [1.82, 2.24) is 10.6 Å². The smallest absolute Gasteiger partial charge is 0.332 e. The zero-order chi connectivity index (χ0) is 21.1. The van der Waals surface area contributed by atoms with Crippen molar-refractivity contribution in [2.75, 3.05) is 0 Å². The Hall–Kier alpha value is -2.71. The second-order valence-corrected chi connectivity index (χ2v) is 6.31. The maximum Gasteiger partial charge on any atom is 0.416 e. The van der Waals surface area contributed by atoms with Crippen molar-refractivity contribution in [2.45, 2.75) is 38.3 Å². The number of urea groups is 1. The molecule has 2 N–H and O–H groups in total. The first-order chi connectivity index (χ1) is 12.9. The fourth-order valence-electron chi connectivity index (χ4n) is 2.57. The van der Waals surface area contributed by atoms with E-state index >= 15 is 0 Å². The summed E-state index contributed by atoms with van der Waals surface area (Å²) in [4.78, 5) is 12.1. The SMILES string of the molecule is C[C@H](NC(=O)N[C@@H](C)c1cccc(C(F)(F)F)c1)c1cccc(C(F)(F)F)c1. The molecule has 0 bridgehead atoms. The van der Waals surface area contributed by atoms with E-state index in [2.05, 4.69) is 10.6 Å². The van der Waals surface area contributed by atoms with Crippen LogP contribution in [0.1, 0.15) is 48.2 Å². The molecule has 0 unspecified atom stereocenters. The van der Waals surface area contributed by atoms with Crippen LogP contribution in [0.2, 0.25) is 0 Å². The molecular formula is C19H18F6N2O. The van der Waals surface area contributed by atoms with E-state index in [1.54, 1.807) is 0 Å². The van der Waals surface area contributed by atoms with Gasteiger partial charge in [-0.1, -0.05) is 24.3 Å². The first kappa shape index (κ1) is 21.6. The fourth-order valence-corrected chi connectivity index (χ4v) is 2.57. The van der Waals surface area contributed by atoms with Gasteiger partial charge in [0.25, 0.3) is 0 Å². The highest BCUT2D eigenvalue weighted by Gasteiger charge is 2.31. The second kappa shape index (κ2) is 8.12. The van der Waals surface area contributed by atoms with Crippen molar-refractivity contribution in [3.63, 3.8) is 0 Å². The van der Waals surface area contributed by atoms with E-state index in [0.29, 0.717) is 0 Å². The van der Waals surface area contributed by atoms with Crippen molar-refractivity contribution in [2.24, 2.45) is 0 Å². The second-order valence-electron chi connectivity index (χ2n) is 6.31. The van der Waals surface area contributed by atoms with Crippen LogP contribution in [-0.4, -0.2) is 6.03 Å². The fraction of sp³-hybridized carbons (Fsp3) is 0.316. The third-order valence-electron chi connectivity index (χ3n) is 4.12. The van der Waals surface area contributed by atoms with Gasteiger partial charge in [0, 0.05) is 0 Å². The summed E-state index contributed by atoms with van der Waals surface area (Å²) in [6.45, 7) is 3.01. The lowest BCUT2D eigenvalue weighted by molar-refractivity contribution is -0.138. The highest BCUT2D eigenvalue weighted by Crippen LogP contribution is 2.31. The number of carbonyl (C=O) groups excluding carboxylic acids is 1. The lowest BCUT2D eigenvalue weighted by atomic mass is 10.0. The van der Waals surface area contributed by atoms with Gasteiger partial charge in [-0.25, -0.2) is 4.79 Å². The monoisotopic (exact) mass is 404 g/mol. The predicted molar refractivity (Wildman–Crippen MR) is 91.4 cm³/mol. The molecule has 0 spiro atoms. The molecule has 0 aromatic heterocycles. The van der Waals surface area contributed by atoms with E-state index in [-0.39, 0.29) is 11.1 Å². The maximum absolute atomic E-state index is 12.8. The minimum atomic E-state index is -4.50. The van der Waals surface area contributed by atoms with Crippen molar-refractivity contribution in [3.8, 4) is 0 Å². The molecule has 2 rings (SSSR count). The highest BCUT2D eigenvalue weighted by molar-refractivity contribution is 5.75. The summed E-state index contributed by atoms with van der Waals surface area (Å²) in [5, 5.41) is 4.96. The van der Waals surface area contributed by atoms with Crippen LogP contribution < -0.4 is 10.6 Å². The molecule has 0 aliphatic carbocycles. The number of nitrogens with one attached hydrogen (secondary N) is 2. The average Bonchev–Trinajstić information content (AvgIpc) is 2.60. The van der Waals surface area contributed by atoms with Crippen LogP contribution in [-0.2, 0) is 12.4 Å². The topological polar surface area (TPSA) is 41.1 Å². The molecule has 0 fully saturated rings. The number of hydrogen-bond donors (Lipinski definition) is 2. The molecule has 0 radical (unpaired) electrons. The summed E-state index contributed by atoms with van der Waals surface area (Å²) in [6.07, 6.45) is -9.01. The van der Waals surface area contributed by atoms with E-state index in [0.717, 1.165) is 24.3 Å². The summed E-state index contributed by atoms with van der Waals surface area (Å²) in [5.74, 6) is 0. The Morgan fingerprint density at radius 3 is 1.43 bits per heavy atom. The quantitative estimate of drug-likeness (QED) is 0.617. The Balaban J connectivity index is 2.04. The Labute approximate surface area is 157 Å². The molecule has 152 valence electrons. The number of rotatable bonds is 4. The summed E-state index contributed by atoms with van der Waals surface area (Å²) in [7, 11) is 0. The first-order valence-electron chi connectivity index (χ1n) is 8.29. The number of amides is 2. The van der Waals surface area contributed by atoms with Crippen LogP contribution in [0.5, 0.6) is 0 Å². The van der Waals surface area contributed by atoms with Crippen LogP contribution in [0.15, 0.2) is 48.5 Å². The van der Waals surface area contributed by atoms with Crippen LogP contribution in [0.3, 0.4) is 0 Å². The van der Waals surface area contributed by atoms with Crippen LogP contribution in [0, 0.1) is 0 Å². The summed E-state index contributed by atoms with van der Waals surface area (Å²) >= 11 is 0. The van der Waals surface area contributed by atoms with Gasteiger partial charge in [-0.15, -0.1) is 0 Å². The molecule has 2 aromatic carbocycles. The summed E-state index contributed by atoms with van der Waals surface area (Å²) in [6, 6.07) is 6.87. The van der Waals surface area contributed by atoms with Crippen molar-refractivity contribution in [1.29, 1.82) is 0 Å². The van der Waals surface area contributed by atoms with E-state index in [1.807, 2.05) is 0 Å². The standard InChI is InChI=1S/C19H18F6N2O/c1-11(13-5-3-7-15(9-13)18(20,21)22)26-17(28)27-12(2)14-6-4-8-16(10-14)19(23,24)25/h3-12H,1-2H3,(H2,26,27,28)/t11-,12-/m0/s1. The normalized spacial score (nSPS) is 14.3. The van der Waals surface area contributed by atoms with Crippen LogP contribution in [0.4, 0.5) is 31.1 Å². The Morgan fingerprint density at radius 2 is 1.11 bits per heavy atom. The molecule has 0 aliphatic rings. The summed E-state index contributed by atoms with van der Waals surface area (Å²) in [5.41, 5.74) is -1.18. The molecule has 28 heavy (non-hydrogen) atoms. The Morgan fingerprint density at radius 1 is 0.750 bits per heavy atom. The van der Waals surface area contributed by atoms with Crippen molar-refractivity contribution < 1.29 is 31.1 Å². The zero-order valence-electron chi connectivity index (χ0n) is 14.9.